The molecular formula is C13H23N5O2. The van der Waals surface area contributed by atoms with Crippen molar-refractivity contribution in [3.8, 4) is 0 Å². The van der Waals surface area contributed by atoms with Crippen LogP contribution in [0.1, 0.15) is 39.9 Å². The van der Waals surface area contributed by atoms with Crippen LogP contribution >= 0.6 is 0 Å². The van der Waals surface area contributed by atoms with Crippen molar-refractivity contribution in [2.75, 3.05) is 0 Å². The highest BCUT2D eigenvalue weighted by molar-refractivity contribution is 5.74. The van der Waals surface area contributed by atoms with Gasteiger partial charge in [0.2, 0.25) is 0 Å². The second kappa shape index (κ2) is 5.05. The molecule has 1 aromatic rings. The van der Waals surface area contributed by atoms with Gasteiger partial charge >= 0.3 is 6.03 Å². The van der Waals surface area contributed by atoms with Crippen molar-refractivity contribution in [1.29, 1.82) is 0 Å². The fourth-order valence-electron chi connectivity index (χ4n) is 2.64. The maximum Gasteiger partial charge on any atom is 0.315 e. The largest absolute Gasteiger partial charge is 0.367 e. The van der Waals surface area contributed by atoms with Crippen LogP contribution in [0.15, 0.2) is 6.33 Å². The van der Waals surface area contributed by atoms with Gasteiger partial charge in [-0.05, 0) is 34.1 Å². The molecule has 0 aromatic carbocycles. The Balaban J connectivity index is 1.87. The van der Waals surface area contributed by atoms with Gasteiger partial charge in [-0.3, -0.25) is 4.68 Å². The predicted octanol–water partition coefficient (Wildman–Crippen LogP) is 0.960. The van der Waals surface area contributed by atoms with Gasteiger partial charge in [0.05, 0.1) is 23.8 Å². The summed E-state index contributed by atoms with van der Waals surface area (Å²) in [6, 6.07) is -0.232. The highest BCUT2D eigenvalue weighted by Crippen LogP contribution is 2.37. The Labute approximate surface area is 119 Å². The first kappa shape index (κ1) is 14.8. The van der Waals surface area contributed by atoms with E-state index in [9.17, 15) is 4.79 Å². The summed E-state index contributed by atoms with van der Waals surface area (Å²) in [5, 5.41) is 9.72. The van der Waals surface area contributed by atoms with E-state index in [-0.39, 0.29) is 23.3 Å². The number of aryl methyl sites for hydroxylation is 1. The van der Waals surface area contributed by atoms with Crippen LogP contribution in [0.3, 0.4) is 0 Å². The van der Waals surface area contributed by atoms with Gasteiger partial charge in [-0.25, -0.2) is 9.78 Å². The first-order valence-corrected chi connectivity index (χ1v) is 6.77. The lowest BCUT2D eigenvalue weighted by molar-refractivity contribution is -0.0690. The van der Waals surface area contributed by atoms with E-state index in [1.165, 1.54) is 6.33 Å². The van der Waals surface area contributed by atoms with Crippen LogP contribution in [0, 0.1) is 0 Å². The van der Waals surface area contributed by atoms with E-state index in [0.717, 1.165) is 6.42 Å². The Morgan fingerprint density at radius 2 is 2.20 bits per heavy atom. The number of urea groups is 1. The van der Waals surface area contributed by atoms with Crippen LogP contribution in [0.4, 0.5) is 4.79 Å². The normalized spacial score (nSPS) is 23.6. The van der Waals surface area contributed by atoms with Gasteiger partial charge in [0, 0.05) is 7.05 Å². The lowest BCUT2D eigenvalue weighted by Crippen LogP contribution is -2.49. The molecule has 1 aliphatic rings. The molecule has 7 nitrogen and oxygen atoms in total. The van der Waals surface area contributed by atoms with Gasteiger partial charge in [0.15, 0.2) is 0 Å². The minimum absolute atomic E-state index is 0.0167. The molecule has 0 radical (unpaired) electrons. The molecule has 112 valence electrons. The summed E-state index contributed by atoms with van der Waals surface area (Å²) in [6.45, 7) is 8.41. The molecule has 1 saturated heterocycles. The van der Waals surface area contributed by atoms with E-state index in [1.54, 1.807) is 11.7 Å². The number of aromatic nitrogens is 3. The first-order valence-electron chi connectivity index (χ1n) is 6.77. The van der Waals surface area contributed by atoms with Crippen molar-refractivity contribution >= 4 is 6.03 Å². The summed E-state index contributed by atoms with van der Waals surface area (Å²) in [5.74, 6) is 0.711. The lowest BCUT2D eigenvalue weighted by atomic mass is 9.95. The number of rotatable bonds is 3. The molecule has 2 N–H and O–H groups in total. The van der Waals surface area contributed by atoms with Crippen LogP contribution in [-0.2, 0) is 18.3 Å². The molecule has 0 aliphatic carbocycles. The number of amides is 2. The van der Waals surface area contributed by atoms with Gasteiger partial charge in [0.25, 0.3) is 0 Å². The molecule has 2 amide bonds. The summed E-state index contributed by atoms with van der Waals surface area (Å²) in [6.07, 6.45) is 2.25. The summed E-state index contributed by atoms with van der Waals surface area (Å²) < 4.78 is 7.58. The monoisotopic (exact) mass is 281 g/mol. The zero-order valence-corrected chi connectivity index (χ0v) is 12.7. The van der Waals surface area contributed by atoms with Gasteiger partial charge in [-0.2, -0.15) is 5.10 Å². The fraction of sp³-hybridized carbons (Fsp3) is 0.769. The summed E-state index contributed by atoms with van der Waals surface area (Å²) in [4.78, 5) is 16.0. The lowest BCUT2D eigenvalue weighted by Gasteiger charge is -2.27. The van der Waals surface area contributed by atoms with Crippen molar-refractivity contribution in [1.82, 2.24) is 25.4 Å². The molecule has 0 saturated carbocycles. The van der Waals surface area contributed by atoms with Gasteiger partial charge < -0.3 is 15.4 Å². The number of hydrogen-bond donors (Lipinski definition) is 2. The van der Waals surface area contributed by atoms with Crippen LogP contribution in [0.5, 0.6) is 0 Å². The molecule has 7 heteroatoms. The zero-order chi connectivity index (χ0) is 15.0. The van der Waals surface area contributed by atoms with Crippen molar-refractivity contribution in [2.24, 2.45) is 7.05 Å². The highest BCUT2D eigenvalue weighted by Gasteiger charge is 2.46. The smallest absolute Gasteiger partial charge is 0.315 e. The Hall–Kier alpha value is -1.63. The maximum atomic E-state index is 12.0. The van der Waals surface area contributed by atoms with Crippen LogP contribution < -0.4 is 10.6 Å². The van der Waals surface area contributed by atoms with Crippen LogP contribution in [0.25, 0.3) is 0 Å². The zero-order valence-electron chi connectivity index (χ0n) is 12.7. The minimum atomic E-state index is -0.369. The second-order valence-corrected chi connectivity index (χ2v) is 6.35. The number of nitrogens with zero attached hydrogens (tertiary/aromatic N) is 3. The third kappa shape index (κ3) is 3.27. The average Bonchev–Trinajstić information content (AvgIpc) is 2.77. The molecule has 2 rings (SSSR count). The number of ether oxygens (including phenoxy) is 1. The summed E-state index contributed by atoms with van der Waals surface area (Å²) in [5.41, 5.74) is -0.587. The molecule has 1 aromatic heterocycles. The van der Waals surface area contributed by atoms with Gasteiger partial charge in [-0.1, -0.05) is 0 Å². The Morgan fingerprint density at radius 3 is 2.70 bits per heavy atom. The van der Waals surface area contributed by atoms with Gasteiger partial charge in [0.1, 0.15) is 12.2 Å². The molecule has 0 bridgehead atoms. The third-order valence-corrected chi connectivity index (χ3v) is 3.59. The number of nitrogens with one attached hydrogen (secondary N) is 2. The minimum Gasteiger partial charge on any atom is -0.367 e. The Morgan fingerprint density at radius 1 is 1.50 bits per heavy atom. The van der Waals surface area contributed by atoms with Crippen molar-refractivity contribution in [3.63, 3.8) is 0 Å². The van der Waals surface area contributed by atoms with E-state index in [4.69, 9.17) is 4.74 Å². The van der Waals surface area contributed by atoms with E-state index < -0.39 is 0 Å². The van der Waals surface area contributed by atoms with Crippen molar-refractivity contribution < 1.29 is 9.53 Å². The van der Waals surface area contributed by atoms with E-state index in [0.29, 0.717) is 12.4 Å². The molecule has 20 heavy (non-hydrogen) atoms. The van der Waals surface area contributed by atoms with E-state index in [2.05, 4.69) is 20.7 Å². The number of carbonyl (C=O) groups is 1. The van der Waals surface area contributed by atoms with Crippen molar-refractivity contribution in [3.05, 3.63) is 12.2 Å². The van der Waals surface area contributed by atoms with E-state index >= 15 is 0 Å². The first-order chi connectivity index (χ1) is 9.20. The quantitative estimate of drug-likeness (QED) is 0.864. The van der Waals surface area contributed by atoms with Crippen LogP contribution in [0.2, 0.25) is 0 Å². The Bertz CT molecular complexity index is 495. The maximum absolute atomic E-state index is 12.0. The SMILES string of the molecule is Cn1ncnc1CNC(=O)NC1CC(C)(C)OC1(C)C. The molecule has 1 fully saturated rings. The molecule has 2 heterocycles. The van der Waals surface area contributed by atoms with E-state index in [1.807, 2.05) is 27.7 Å². The summed E-state index contributed by atoms with van der Waals surface area (Å²) in [7, 11) is 1.79. The third-order valence-electron chi connectivity index (χ3n) is 3.59. The molecule has 1 unspecified atom stereocenters. The molecule has 0 spiro atoms. The molecule has 1 aliphatic heterocycles. The number of carbonyl (C=O) groups excluding carboxylic acids is 1. The number of hydrogen-bond acceptors (Lipinski definition) is 4. The highest BCUT2D eigenvalue weighted by atomic mass is 16.5. The summed E-state index contributed by atoms with van der Waals surface area (Å²) >= 11 is 0. The van der Waals surface area contributed by atoms with Crippen LogP contribution in [-0.4, -0.2) is 38.0 Å². The van der Waals surface area contributed by atoms with Crippen molar-refractivity contribution in [2.45, 2.75) is 57.9 Å². The molecular weight excluding hydrogens is 258 g/mol. The predicted molar refractivity (Wildman–Crippen MR) is 74.0 cm³/mol. The second-order valence-electron chi connectivity index (χ2n) is 6.35. The average molecular weight is 281 g/mol. The fourth-order valence-corrected chi connectivity index (χ4v) is 2.64. The topological polar surface area (TPSA) is 81.1 Å². The molecule has 1 atom stereocenters. The Kier molecular flexibility index (Phi) is 3.73. The standard InChI is InChI=1S/C13H23N5O2/c1-12(2)6-9(13(3,4)20-12)17-11(19)14-7-10-15-8-16-18(10)5/h8-9H,6-7H2,1-5H3,(H2,14,17,19). The van der Waals surface area contributed by atoms with Gasteiger partial charge in [-0.15, -0.1) is 0 Å².